The molecule has 1 aliphatic carbocycles. The van der Waals surface area contributed by atoms with E-state index in [1.165, 1.54) is 6.42 Å². The maximum absolute atomic E-state index is 12.7. The van der Waals surface area contributed by atoms with Crippen molar-refractivity contribution in [2.45, 2.75) is 57.5 Å². The second-order valence-corrected chi connectivity index (χ2v) is 8.04. The van der Waals surface area contributed by atoms with Crippen LogP contribution in [0.1, 0.15) is 44.5 Å². The molecule has 1 aromatic rings. The Hall–Kier alpha value is -0.920. The van der Waals surface area contributed by atoms with Crippen LogP contribution in [0, 0.1) is 18.8 Å². The van der Waals surface area contributed by atoms with Gasteiger partial charge in [-0.3, -0.25) is 5.10 Å². The number of aromatic amines is 1. The fraction of sp³-hybridized carbons (Fsp3) is 0.786. The Balaban J connectivity index is 2.20. The number of sulfonamides is 1. The average molecular weight is 314 g/mol. The SMILES string of the molecule is CNCc1n[nH]c(C)c1S(=O)(=O)NC1CC(C)CC(C)C1. The van der Waals surface area contributed by atoms with Crippen molar-refractivity contribution in [3.05, 3.63) is 11.4 Å². The van der Waals surface area contributed by atoms with E-state index in [0.717, 1.165) is 12.8 Å². The molecule has 3 N–H and O–H groups in total. The lowest BCUT2D eigenvalue weighted by molar-refractivity contribution is 0.257. The molecule has 7 heteroatoms. The molecule has 0 bridgehead atoms. The summed E-state index contributed by atoms with van der Waals surface area (Å²) in [4.78, 5) is 0.294. The van der Waals surface area contributed by atoms with Crippen molar-refractivity contribution in [3.8, 4) is 0 Å². The van der Waals surface area contributed by atoms with Crippen LogP contribution in [0.4, 0.5) is 0 Å². The summed E-state index contributed by atoms with van der Waals surface area (Å²) in [5.41, 5.74) is 1.13. The zero-order valence-electron chi connectivity index (χ0n) is 13.2. The quantitative estimate of drug-likeness (QED) is 0.769. The van der Waals surface area contributed by atoms with Crippen LogP contribution < -0.4 is 10.0 Å². The predicted octanol–water partition coefficient (Wildman–Crippen LogP) is 1.54. The molecule has 0 saturated heterocycles. The lowest BCUT2D eigenvalue weighted by atomic mass is 9.81. The van der Waals surface area contributed by atoms with Crippen molar-refractivity contribution in [2.75, 3.05) is 7.05 Å². The third-order valence-corrected chi connectivity index (χ3v) is 5.80. The first-order chi connectivity index (χ1) is 9.83. The van der Waals surface area contributed by atoms with Gasteiger partial charge in [-0.15, -0.1) is 0 Å². The van der Waals surface area contributed by atoms with Crippen molar-refractivity contribution >= 4 is 10.0 Å². The van der Waals surface area contributed by atoms with E-state index in [1.807, 2.05) is 0 Å². The Labute approximate surface area is 127 Å². The summed E-state index contributed by atoms with van der Waals surface area (Å²) >= 11 is 0. The zero-order valence-corrected chi connectivity index (χ0v) is 14.0. The summed E-state index contributed by atoms with van der Waals surface area (Å²) in [6.45, 7) is 6.55. The van der Waals surface area contributed by atoms with Crippen LogP contribution in [-0.4, -0.2) is 31.7 Å². The molecule has 1 saturated carbocycles. The number of hydrogen-bond acceptors (Lipinski definition) is 4. The topological polar surface area (TPSA) is 86.9 Å². The molecule has 0 amide bonds. The number of aromatic nitrogens is 2. The van der Waals surface area contributed by atoms with Crippen LogP contribution >= 0.6 is 0 Å². The Morgan fingerprint density at radius 3 is 2.43 bits per heavy atom. The van der Waals surface area contributed by atoms with Gasteiger partial charge in [-0.25, -0.2) is 13.1 Å². The fourth-order valence-electron chi connectivity index (χ4n) is 3.43. The first-order valence-electron chi connectivity index (χ1n) is 7.54. The highest BCUT2D eigenvalue weighted by molar-refractivity contribution is 7.89. The van der Waals surface area contributed by atoms with Gasteiger partial charge in [0.15, 0.2) is 0 Å². The first-order valence-corrected chi connectivity index (χ1v) is 9.02. The third kappa shape index (κ3) is 3.84. The van der Waals surface area contributed by atoms with E-state index >= 15 is 0 Å². The third-order valence-electron chi connectivity index (χ3n) is 4.07. The Morgan fingerprint density at radius 2 is 1.86 bits per heavy atom. The van der Waals surface area contributed by atoms with Gasteiger partial charge in [-0.1, -0.05) is 13.8 Å². The molecule has 0 aliphatic heterocycles. The number of hydrogen-bond donors (Lipinski definition) is 3. The Bertz CT molecular complexity index is 572. The van der Waals surface area contributed by atoms with Gasteiger partial charge in [-0.2, -0.15) is 5.10 Å². The van der Waals surface area contributed by atoms with Crippen LogP contribution in [0.5, 0.6) is 0 Å². The van der Waals surface area contributed by atoms with Crippen molar-refractivity contribution in [3.63, 3.8) is 0 Å². The van der Waals surface area contributed by atoms with Gasteiger partial charge in [0, 0.05) is 12.6 Å². The molecule has 2 atom stereocenters. The van der Waals surface area contributed by atoms with E-state index in [0.29, 0.717) is 34.7 Å². The molecule has 1 aromatic heterocycles. The lowest BCUT2D eigenvalue weighted by Gasteiger charge is -2.31. The summed E-state index contributed by atoms with van der Waals surface area (Å²) in [5, 5.41) is 9.81. The molecule has 1 fully saturated rings. The smallest absolute Gasteiger partial charge is 0.244 e. The van der Waals surface area contributed by atoms with E-state index in [9.17, 15) is 8.42 Å². The zero-order chi connectivity index (χ0) is 15.6. The monoisotopic (exact) mass is 314 g/mol. The number of nitrogens with zero attached hydrogens (tertiary/aromatic N) is 1. The molecule has 0 aromatic carbocycles. The molecule has 21 heavy (non-hydrogen) atoms. The predicted molar refractivity (Wildman–Crippen MR) is 82.4 cm³/mol. The molecular formula is C14H26N4O2S. The minimum Gasteiger partial charge on any atom is -0.314 e. The molecule has 120 valence electrons. The van der Waals surface area contributed by atoms with Crippen LogP contribution in [0.15, 0.2) is 4.90 Å². The maximum Gasteiger partial charge on any atom is 0.244 e. The van der Waals surface area contributed by atoms with Gasteiger partial charge in [0.05, 0.1) is 11.4 Å². The van der Waals surface area contributed by atoms with Crippen molar-refractivity contribution in [1.29, 1.82) is 0 Å². The van der Waals surface area contributed by atoms with E-state index in [1.54, 1.807) is 14.0 Å². The molecule has 2 unspecified atom stereocenters. The Kier molecular flexibility index (Phi) is 5.06. The molecule has 0 spiro atoms. The molecule has 0 radical (unpaired) electrons. The van der Waals surface area contributed by atoms with Crippen molar-refractivity contribution in [1.82, 2.24) is 20.2 Å². The molecule has 1 aliphatic rings. The maximum atomic E-state index is 12.7. The van der Waals surface area contributed by atoms with Gasteiger partial charge in [0.1, 0.15) is 4.90 Å². The molecule has 1 heterocycles. The largest absolute Gasteiger partial charge is 0.314 e. The van der Waals surface area contributed by atoms with Crippen molar-refractivity contribution in [2.24, 2.45) is 11.8 Å². The van der Waals surface area contributed by atoms with Crippen LogP contribution in [0.3, 0.4) is 0 Å². The summed E-state index contributed by atoms with van der Waals surface area (Å²) in [6.07, 6.45) is 2.98. The van der Waals surface area contributed by atoms with Crippen LogP contribution in [-0.2, 0) is 16.6 Å². The highest BCUT2D eigenvalue weighted by atomic mass is 32.2. The van der Waals surface area contributed by atoms with Gasteiger partial charge >= 0.3 is 0 Å². The molecule has 6 nitrogen and oxygen atoms in total. The lowest BCUT2D eigenvalue weighted by Crippen LogP contribution is -2.40. The fourth-order valence-corrected chi connectivity index (χ4v) is 5.06. The Morgan fingerprint density at radius 1 is 1.24 bits per heavy atom. The summed E-state index contributed by atoms with van der Waals surface area (Å²) in [7, 11) is -1.75. The van der Waals surface area contributed by atoms with E-state index in [-0.39, 0.29) is 6.04 Å². The number of rotatable bonds is 5. The van der Waals surface area contributed by atoms with Gasteiger partial charge in [-0.05, 0) is 45.1 Å². The van der Waals surface area contributed by atoms with E-state index in [2.05, 4.69) is 34.1 Å². The standard InChI is InChI=1S/C14H26N4O2S/c1-9-5-10(2)7-12(6-9)18-21(19,20)14-11(3)16-17-13(14)8-15-4/h9-10,12,15,18H,5-8H2,1-4H3,(H,16,17). The van der Waals surface area contributed by atoms with E-state index < -0.39 is 10.0 Å². The summed E-state index contributed by atoms with van der Waals surface area (Å²) in [5.74, 6) is 1.12. The van der Waals surface area contributed by atoms with Gasteiger partial charge in [0.25, 0.3) is 0 Å². The first kappa shape index (κ1) is 16.5. The second kappa shape index (κ2) is 6.46. The summed E-state index contributed by atoms with van der Waals surface area (Å²) in [6, 6.07) is 0.0190. The van der Waals surface area contributed by atoms with Crippen LogP contribution in [0.2, 0.25) is 0 Å². The minimum absolute atomic E-state index is 0.0190. The number of aryl methyl sites for hydroxylation is 1. The van der Waals surface area contributed by atoms with Crippen LogP contribution in [0.25, 0.3) is 0 Å². The minimum atomic E-state index is -3.53. The normalized spacial score (nSPS) is 27.0. The van der Waals surface area contributed by atoms with Gasteiger partial charge < -0.3 is 5.32 Å². The van der Waals surface area contributed by atoms with E-state index in [4.69, 9.17) is 0 Å². The highest BCUT2D eigenvalue weighted by Gasteiger charge is 2.30. The number of nitrogens with one attached hydrogen (secondary N) is 3. The average Bonchev–Trinajstić information content (AvgIpc) is 2.69. The van der Waals surface area contributed by atoms with Gasteiger partial charge in [0.2, 0.25) is 10.0 Å². The number of H-pyrrole nitrogens is 1. The molecule has 2 rings (SSSR count). The summed E-state index contributed by atoms with van der Waals surface area (Å²) < 4.78 is 28.3. The second-order valence-electron chi connectivity index (χ2n) is 6.39. The molecular weight excluding hydrogens is 288 g/mol. The van der Waals surface area contributed by atoms with Crippen molar-refractivity contribution < 1.29 is 8.42 Å². The highest BCUT2D eigenvalue weighted by Crippen LogP contribution is 2.30.